The topological polar surface area (TPSA) is 105 Å². The molecule has 0 aliphatic heterocycles. The number of aryl methyl sites for hydroxylation is 1. The molecule has 0 saturated carbocycles. The molecule has 0 radical (unpaired) electrons. The third-order valence-electron chi connectivity index (χ3n) is 6.45. The van der Waals surface area contributed by atoms with E-state index in [1.54, 1.807) is 12.1 Å². The molecule has 0 heterocycles. The Labute approximate surface area is 230 Å². The van der Waals surface area contributed by atoms with Crippen molar-refractivity contribution in [1.82, 2.24) is 10.2 Å². The van der Waals surface area contributed by atoms with Gasteiger partial charge in [-0.3, -0.25) is 13.9 Å². The summed E-state index contributed by atoms with van der Waals surface area (Å²) in [4.78, 5) is 28.6. The number of ether oxygens (including phenoxy) is 2. The fourth-order valence-electron chi connectivity index (χ4n) is 4.29. The number of sulfonamides is 1. The largest absolute Gasteiger partial charge is 0.493 e. The Morgan fingerprint density at radius 3 is 2.15 bits per heavy atom. The van der Waals surface area contributed by atoms with Gasteiger partial charge in [-0.1, -0.05) is 54.6 Å². The standard InChI is InChI=1S/C29H35N3O6S/c1-21-11-9-10-14-23(21)19-31(25(29(34)30-2)17-22-12-7-6-8-13-22)28(33)20-32(39(5,35)36)24-15-16-26(37-3)27(18-24)38-4/h6-16,18,25H,17,19-20H2,1-5H3,(H,30,34). The summed E-state index contributed by atoms with van der Waals surface area (Å²) in [6.45, 7) is 1.54. The molecule has 0 bridgehead atoms. The van der Waals surface area contributed by atoms with E-state index >= 15 is 0 Å². The van der Waals surface area contributed by atoms with Crippen molar-refractivity contribution in [2.24, 2.45) is 0 Å². The second-order valence-electron chi connectivity index (χ2n) is 9.08. The van der Waals surface area contributed by atoms with Gasteiger partial charge in [0.15, 0.2) is 11.5 Å². The Bertz CT molecular complexity index is 1400. The maximum atomic E-state index is 14.0. The number of anilines is 1. The molecule has 0 aliphatic carbocycles. The molecule has 3 rings (SSSR count). The average Bonchev–Trinajstić information content (AvgIpc) is 2.93. The molecule has 0 spiro atoms. The number of nitrogens with one attached hydrogen (secondary N) is 1. The van der Waals surface area contributed by atoms with E-state index in [-0.39, 0.29) is 24.6 Å². The molecule has 3 aromatic carbocycles. The molecular formula is C29H35N3O6S. The first kappa shape index (κ1) is 29.5. The number of hydrogen-bond donors (Lipinski definition) is 1. The van der Waals surface area contributed by atoms with Crippen molar-refractivity contribution >= 4 is 27.5 Å². The molecule has 39 heavy (non-hydrogen) atoms. The molecule has 10 heteroatoms. The van der Waals surface area contributed by atoms with E-state index in [0.717, 1.165) is 27.3 Å². The summed E-state index contributed by atoms with van der Waals surface area (Å²) >= 11 is 0. The molecular weight excluding hydrogens is 518 g/mol. The highest BCUT2D eigenvalue weighted by Crippen LogP contribution is 2.32. The fraction of sp³-hybridized carbons (Fsp3) is 0.310. The van der Waals surface area contributed by atoms with Crippen molar-refractivity contribution in [2.45, 2.75) is 25.9 Å². The monoisotopic (exact) mass is 553 g/mol. The Kier molecular flexibility index (Phi) is 9.95. The Balaban J connectivity index is 2.06. The van der Waals surface area contributed by atoms with E-state index in [4.69, 9.17) is 9.47 Å². The van der Waals surface area contributed by atoms with Crippen molar-refractivity contribution in [3.63, 3.8) is 0 Å². The van der Waals surface area contributed by atoms with E-state index in [0.29, 0.717) is 11.5 Å². The highest BCUT2D eigenvalue weighted by Gasteiger charge is 2.33. The molecule has 1 unspecified atom stereocenters. The summed E-state index contributed by atoms with van der Waals surface area (Å²) in [7, 11) is 0.544. The van der Waals surface area contributed by atoms with Gasteiger partial charge in [0.05, 0.1) is 26.2 Å². The van der Waals surface area contributed by atoms with Gasteiger partial charge in [-0.05, 0) is 35.7 Å². The van der Waals surface area contributed by atoms with Gasteiger partial charge < -0.3 is 19.7 Å². The fourth-order valence-corrected chi connectivity index (χ4v) is 5.13. The van der Waals surface area contributed by atoms with Crippen LogP contribution in [-0.2, 0) is 32.6 Å². The summed E-state index contributed by atoms with van der Waals surface area (Å²) in [6.07, 6.45) is 1.29. The van der Waals surface area contributed by atoms with Gasteiger partial charge in [-0.25, -0.2) is 8.42 Å². The molecule has 0 aliphatic rings. The Morgan fingerprint density at radius 1 is 0.923 bits per heavy atom. The number of benzene rings is 3. The van der Waals surface area contributed by atoms with Crippen LogP contribution in [0.15, 0.2) is 72.8 Å². The van der Waals surface area contributed by atoms with Crippen LogP contribution < -0.4 is 19.1 Å². The number of hydrogen-bond acceptors (Lipinski definition) is 6. The maximum absolute atomic E-state index is 14.0. The van der Waals surface area contributed by atoms with Gasteiger partial charge >= 0.3 is 0 Å². The van der Waals surface area contributed by atoms with E-state index in [1.807, 2.05) is 61.5 Å². The Hall–Kier alpha value is -4.05. The minimum Gasteiger partial charge on any atom is -0.493 e. The minimum atomic E-state index is -3.89. The van der Waals surface area contributed by atoms with Crippen LogP contribution in [0.1, 0.15) is 16.7 Å². The van der Waals surface area contributed by atoms with Crippen LogP contribution >= 0.6 is 0 Å². The van der Waals surface area contributed by atoms with Crippen LogP contribution in [-0.4, -0.2) is 65.2 Å². The van der Waals surface area contributed by atoms with Crippen molar-refractivity contribution in [3.8, 4) is 11.5 Å². The lowest BCUT2D eigenvalue weighted by Crippen LogP contribution is -2.53. The van der Waals surface area contributed by atoms with Gasteiger partial charge in [0, 0.05) is 26.1 Å². The van der Waals surface area contributed by atoms with E-state index in [9.17, 15) is 18.0 Å². The first-order valence-electron chi connectivity index (χ1n) is 12.4. The second kappa shape index (κ2) is 13.1. The van der Waals surface area contributed by atoms with Crippen LogP contribution in [0.4, 0.5) is 5.69 Å². The SMILES string of the molecule is CNC(=O)C(Cc1ccccc1)N(Cc1ccccc1C)C(=O)CN(c1ccc(OC)c(OC)c1)S(C)(=O)=O. The average molecular weight is 554 g/mol. The lowest BCUT2D eigenvalue weighted by molar-refractivity contribution is -0.139. The lowest BCUT2D eigenvalue weighted by Gasteiger charge is -2.33. The molecule has 0 saturated heterocycles. The zero-order valence-electron chi connectivity index (χ0n) is 22.9. The molecule has 2 amide bonds. The summed E-state index contributed by atoms with van der Waals surface area (Å²) in [5.74, 6) is -0.134. The summed E-state index contributed by atoms with van der Waals surface area (Å²) in [6, 6.07) is 20.7. The zero-order valence-corrected chi connectivity index (χ0v) is 23.7. The first-order valence-corrected chi connectivity index (χ1v) is 14.2. The normalized spacial score (nSPS) is 11.8. The van der Waals surface area contributed by atoms with Crippen molar-refractivity contribution in [2.75, 3.05) is 38.4 Å². The van der Waals surface area contributed by atoms with Crippen LogP contribution in [0.2, 0.25) is 0 Å². The van der Waals surface area contributed by atoms with Crippen LogP contribution in [0.25, 0.3) is 0 Å². The predicted octanol–water partition coefficient (Wildman–Crippen LogP) is 3.16. The number of carbonyl (C=O) groups is 2. The summed E-state index contributed by atoms with van der Waals surface area (Å²) < 4.78 is 37.4. The molecule has 1 atom stereocenters. The highest BCUT2D eigenvalue weighted by atomic mass is 32.2. The maximum Gasteiger partial charge on any atom is 0.244 e. The number of likely N-dealkylation sites (N-methyl/N-ethyl adjacent to an activating group) is 1. The molecule has 3 aromatic rings. The van der Waals surface area contributed by atoms with Gasteiger partial charge in [0.1, 0.15) is 12.6 Å². The quantitative estimate of drug-likeness (QED) is 0.370. The number of rotatable bonds is 12. The van der Waals surface area contributed by atoms with Crippen molar-refractivity contribution in [1.29, 1.82) is 0 Å². The van der Waals surface area contributed by atoms with Crippen LogP contribution in [0, 0.1) is 6.92 Å². The molecule has 208 valence electrons. The molecule has 1 N–H and O–H groups in total. The smallest absolute Gasteiger partial charge is 0.244 e. The molecule has 0 aromatic heterocycles. The summed E-state index contributed by atoms with van der Waals surface area (Å²) in [5.41, 5.74) is 2.91. The number of carbonyl (C=O) groups excluding carboxylic acids is 2. The van der Waals surface area contributed by atoms with Crippen LogP contribution in [0.5, 0.6) is 11.5 Å². The zero-order chi connectivity index (χ0) is 28.6. The molecule has 9 nitrogen and oxygen atoms in total. The predicted molar refractivity (Wildman–Crippen MR) is 151 cm³/mol. The van der Waals surface area contributed by atoms with Gasteiger partial charge in [0.2, 0.25) is 21.8 Å². The summed E-state index contributed by atoms with van der Waals surface area (Å²) in [5, 5.41) is 2.67. The third kappa shape index (κ3) is 7.51. The van der Waals surface area contributed by atoms with Crippen molar-refractivity contribution < 1.29 is 27.5 Å². The first-order chi connectivity index (χ1) is 18.6. The second-order valence-corrected chi connectivity index (χ2v) is 11.0. The lowest BCUT2D eigenvalue weighted by atomic mass is 10.0. The van der Waals surface area contributed by atoms with Gasteiger partial charge in [0.25, 0.3) is 0 Å². The number of amides is 2. The number of methoxy groups -OCH3 is 2. The van der Waals surface area contributed by atoms with Crippen molar-refractivity contribution in [3.05, 3.63) is 89.5 Å². The van der Waals surface area contributed by atoms with Gasteiger partial charge in [-0.2, -0.15) is 0 Å². The van der Waals surface area contributed by atoms with E-state index in [2.05, 4.69) is 5.32 Å². The van der Waals surface area contributed by atoms with E-state index in [1.165, 1.54) is 32.2 Å². The van der Waals surface area contributed by atoms with E-state index < -0.39 is 28.5 Å². The number of nitrogens with zero attached hydrogens (tertiary/aromatic N) is 2. The minimum absolute atomic E-state index is 0.125. The van der Waals surface area contributed by atoms with Crippen LogP contribution in [0.3, 0.4) is 0 Å². The Morgan fingerprint density at radius 2 is 1.56 bits per heavy atom. The van der Waals surface area contributed by atoms with Gasteiger partial charge in [-0.15, -0.1) is 0 Å². The highest BCUT2D eigenvalue weighted by molar-refractivity contribution is 7.92. The third-order valence-corrected chi connectivity index (χ3v) is 7.59. The molecule has 0 fully saturated rings.